The Morgan fingerprint density at radius 2 is 1.27 bits per heavy atom. The Bertz CT molecular complexity index is 883. The van der Waals surface area contributed by atoms with Gasteiger partial charge in [-0.2, -0.15) is 4.74 Å². The van der Waals surface area contributed by atoms with Crippen LogP contribution in [0, 0.1) is 10.1 Å². The normalized spacial score (nSPS) is 10.8. The fourth-order valence-corrected chi connectivity index (χ4v) is 3.96. The first-order chi connectivity index (χ1) is 12.5. The molecule has 3 rings (SSSR count). The van der Waals surface area contributed by atoms with E-state index >= 15 is 0 Å². The number of nitro groups is 1. The summed E-state index contributed by atoms with van der Waals surface area (Å²) in [4.78, 5) is 10.4. The maximum absolute atomic E-state index is 10.8. The topological polar surface area (TPSA) is 74.0 Å². The molecule has 0 aliphatic carbocycles. The number of non-ortho nitro benzene ring substituents is 1. The highest BCUT2D eigenvalue weighted by Gasteiger charge is 2.19. The first kappa shape index (κ1) is 17.7. The summed E-state index contributed by atoms with van der Waals surface area (Å²) in [5.41, 5.74) is 0.565. The summed E-state index contributed by atoms with van der Waals surface area (Å²) >= 11 is 0. The molecule has 3 aromatic rings. The summed E-state index contributed by atoms with van der Waals surface area (Å²) in [5, 5.41) is 10.8. The first-order valence-electron chi connectivity index (χ1n) is 7.88. The average Bonchev–Trinajstić information content (AvgIpc) is 2.63. The predicted octanol–water partition coefficient (Wildman–Crippen LogP) is 6.05. The highest BCUT2D eigenvalue weighted by Crippen LogP contribution is 2.50. The third-order valence-corrected chi connectivity index (χ3v) is 5.09. The van der Waals surface area contributed by atoms with E-state index < -0.39 is 12.4 Å². The van der Waals surface area contributed by atoms with Crippen LogP contribution in [0.15, 0.2) is 89.7 Å². The molecule has 0 saturated heterocycles. The molecule has 0 fully saturated rings. The molecule has 0 radical (unpaired) electrons. The molecule has 0 unspecified atom stereocenters. The number of para-hydroxylation sites is 2. The summed E-state index contributed by atoms with van der Waals surface area (Å²) in [5.74, 6) is 1.29. The largest absolute Gasteiger partial charge is 0.430 e. The van der Waals surface area contributed by atoms with E-state index in [9.17, 15) is 10.1 Å². The monoisotopic (exact) mass is 368 g/mol. The van der Waals surface area contributed by atoms with Gasteiger partial charge in [0.1, 0.15) is 11.5 Å². The van der Waals surface area contributed by atoms with Gasteiger partial charge in [0.2, 0.25) is 0 Å². The number of hydrogen-bond acceptors (Lipinski definition) is 5. The summed E-state index contributed by atoms with van der Waals surface area (Å²) in [6.45, 7) is 1.80. The maximum Gasteiger partial charge on any atom is 0.316 e. The Morgan fingerprint density at radius 1 is 0.808 bits per heavy atom. The van der Waals surface area contributed by atoms with E-state index in [4.69, 9.17) is 9.05 Å². The number of nitro benzene ring substituents is 1. The average molecular weight is 368 g/mol. The molecule has 26 heavy (non-hydrogen) atoms. The molecule has 0 spiro atoms. The third kappa shape index (κ3) is 4.71. The van der Waals surface area contributed by atoms with Crippen molar-refractivity contribution in [1.29, 1.82) is 0 Å². The molecule has 0 aromatic heterocycles. The lowest BCUT2D eigenvalue weighted by Crippen LogP contribution is -1.99. The number of nitrogens with zero attached hydrogens (tertiary/aromatic N) is 2. The van der Waals surface area contributed by atoms with Gasteiger partial charge in [0, 0.05) is 18.8 Å². The molecule has 0 bridgehead atoms. The third-order valence-electron chi connectivity index (χ3n) is 3.39. The lowest BCUT2D eigenvalue weighted by atomic mass is 10.3. The van der Waals surface area contributed by atoms with Crippen LogP contribution in [-0.2, 0) is 0 Å². The minimum atomic E-state index is -2.72. The second kappa shape index (κ2) is 7.85. The molecule has 7 heteroatoms. The van der Waals surface area contributed by atoms with Crippen molar-refractivity contribution in [3.63, 3.8) is 0 Å². The van der Waals surface area contributed by atoms with Crippen molar-refractivity contribution in [1.82, 2.24) is 0 Å². The SMILES string of the molecule is CP(=Nc1ccc([N+](=O)[O-])cc1)(Oc1ccccc1)Oc1ccccc1. The van der Waals surface area contributed by atoms with Crippen LogP contribution in [0.2, 0.25) is 0 Å². The Hall–Kier alpha value is -3.11. The fraction of sp³-hybridized carbons (Fsp3) is 0.0526. The van der Waals surface area contributed by atoms with Gasteiger partial charge in [-0.1, -0.05) is 36.4 Å². The zero-order chi connectivity index (χ0) is 18.4. The van der Waals surface area contributed by atoms with Crippen LogP contribution in [0.5, 0.6) is 11.5 Å². The predicted molar refractivity (Wildman–Crippen MR) is 102 cm³/mol. The van der Waals surface area contributed by atoms with Crippen molar-refractivity contribution in [2.75, 3.05) is 6.66 Å². The zero-order valence-corrected chi connectivity index (χ0v) is 15.0. The highest BCUT2D eigenvalue weighted by molar-refractivity contribution is 7.56. The fourth-order valence-electron chi connectivity index (χ4n) is 2.26. The number of benzene rings is 3. The van der Waals surface area contributed by atoms with Gasteiger partial charge < -0.3 is 9.05 Å². The molecular weight excluding hydrogens is 351 g/mol. The van der Waals surface area contributed by atoms with Crippen molar-refractivity contribution in [3.8, 4) is 11.5 Å². The van der Waals surface area contributed by atoms with Gasteiger partial charge in [0.25, 0.3) is 5.69 Å². The van der Waals surface area contributed by atoms with E-state index in [1.54, 1.807) is 18.8 Å². The van der Waals surface area contributed by atoms with Gasteiger partial charge in [-0.05, 0) is 36.4 Å². The van der Waals surface area contributed by atoms with Gasteiger partial charge in [0.05, 0.1) is 10.6 Å². The minimum absolute atomic E-state index is 0.0111. The lowest BCUT2D eigenvalue weighted by molar-refractivity contribution is -0.384. The molecule has 0 saturated carbocycles. The van der Waals surface area contributed by atoms with Crippen LogP contribution >= 0.6 is 7.51 Å². The highest BCUT2D eigenvalue weighted by atomic mass is 31.2. The Balaban J connectivity index is 1.97. The van der Waals surface area contributed by atoms with Crippen molar-refractivity contribution < 1.29 is 14.0 Å². The second-order valence-corrected chi connectivity index (χ2v) is 7.66. The van der Waals surface area contributed by atoms with Crippen molar-refractivity contribution in [2.45, 2.75) is 0 Å². The Kier molecular flexibility index (Phi) is 5.34. The summed E-state index contributed by atoms with van der Waals surface area (Å²) in [6.07, 6.45) is 0. The minimum Gasteiger partial charge on any atom is -0.430 e. The second-order valence-electron chi connectivity index (χ2n) is 5.49. The van der Waals surface area contributed by atoms with E-state index in [0.29, 0.717) is 17.2 Å². The van der Waals surface area contributed by atoms with Crippen LogP contribution in [0.3, 0.4) is 0 Å². The van der Waals surface area contributed by atoms with E-state index in [-0.39, 0.29) is 5.69 Å². The van der Waals surface area contributed by atoms with Crippen molar-refractivity contribution >= 4 is 18.9 Å². The van der Waals surface area contributed by atoms with E-state index in [1.165, 1.54) is 12.1 Å². The molecule has 0 heterocycles. The first-order valence-corrected chi connectivity index (χ1v) is 9.90. The van der Waals surface area contributed by atoms with E-state index in [0.717, 1.165) is 0 Å². The van der Waals surface area contributed by atoms with Crippen molar-refractivity contribution in [3.05, 3.63) is 95.0 Å². The molecule has 0 aliphatic rings. The Morgan fingerprint density at radius 3 is 1.69 bits per heavy atom. The van der Waals surface area contributed by atoms with E-state index in [1.807, 2.05) is 60.7 Å². The molecular formula is C19H17N2O4P. The van der Waals surface area contributed by atoms with Gasteiger partial charge in [-0.15, -0.1) is 0 Å². The summed E-state index contributed by atoms with van der Waals surface area (Å²) in [6, 6.07) is 24.6. The van der Waals surface area contributed by atoms with Crippen LogP contribution in [-0.4, -0.2) is 11.6 Å². The number of rotatable bonds is 6. The van der Waals surface area contributed by atoms with Gasteiger partial charge in [-0.3, -0.25) is 10.1 Å². The molecule has 6 nitrogen and oxygen atoms in total. The molecule has 0 N–H and O–H groups in total. The molecule has 0 aliphatic heterocycles. The van der Waals surface area contributed by atoms with Gasteiger partial charge >= 0.3 is 7.51 Å². The number of hydrogen-bond donors (Lipinski definition) is 0. The molecule has 3 aromatic carbocycles. The van der Waals surface area contributed by atoms with Crippen LogP contribution < -0.4 is 9.05 Å². The van der Waals surface area contributed by atoms with Crippen LogP contribution in [0.25, 0.3) is 0 Å². The van der Waals surface area contributed by atoms with E-state index in [2.05, 4.69) is 4.74 Å². The molecule has 0 amide bonds. The summed E-state index contributed by atoms with van der Waals surface area (Å²) < 4.78 is 16.8. The Labute approximate surface area is 151 Å². The van der Waals surface area contributed by atoms with Gasteiger partial charge in [0.15, 0.2) is 0 Å². The van der Waals surface area contributed by atoms with Crippen molar-refractivity contribution in [2.24, 2.45) is 4.74 Å². The standard InChI is InChI=1S/C19H17N2O4P/c1-26(24-18-8-4-2-5-9-18,25-19-10-6-3-7-11-19)20-16-12-14-17(15-13-16)21(22)23/h2-15H,1H3. The zero-order valence-electron chi connectivity index (χ0n) is 14.1. The molecule has 0 atom stereocenters. The summed E-state index contributed by atoms with van der Waals surface area (Å²) in [7, 11) is -2.72. The smallest absolute Gasteiger partial charge is 0.316 e. The maximum atomic E-state index is 10.8. The van der Waals surface area contributed by atoms with Crippen LogP contribution in [0.4, 0.5) is 11.4 Å². The lowest BCUT2D eigenvalue weighted by Gasteiger charge is -2.22. The quantitative estimate of drug-likeness (QED) is 0.302. The van der Waals surface area contributed by atoms with Crippen LogP contribution in [0.1, 0.15) is 0 Å². The van der Waals surface area contributed by atoms with Gasteiger partial charge in [-0.25, -0.2) is 0 Å². The molecule has 132 valence electrons.